The Kier molecular flexibility index (Phi) is 6.01. The van der Waals surface area contributed by atoms with Gasteiger partial charge in [-0.25, -0.2) is 0 Å². The molecule has 0 saturated carbocycles. The van der Waals surface area contributed by atoms with Gasteiger partial charge in [0.25, 0.3) is 0 Å². The maximum atomic E-state index is 12.7. The van der Waals surface area contributed by atoms with E-state index in [-0.39, 0.29) is 11.9 Å². The van der Waals surface area contributed by atoms with Gasteiger partial charge in [-0.2, -0.15) is 0 Å². The van der Waals surface area contributed by atoms with Crippen LogP contribution in [0.5, 0.6) is 0 Å². The molecule has 26 heavy (non-hydrogen) atoms. The number of hydrogen-bond acceptors (Lipinski definition) is 4. The molecule has 3 atom stereocenters. The van der Waals surface area contributed by atoms with Crippen molar-refractivity contribution in [2.24, 2.45) is 5.92 Å². The lowest BCUT2D eigenvalue weighted by Gasteiger charge is -2.28. The van der Waals surface area contributed by atoms with Gasteiger partial charge in [-0.3, -0.25) is 14.7 Å². The Labute approximate surface area is 156 Å². The van der Waals surface area contributed by atoms with E-state index >= 15 is 0 Å². The monoisotopic (exact) mass is 352 g/mol. The summed E-state index contributed by atoms with van der Waals surface area (Å²) in [5.41, 5.74) is 2.25. The van der Waals surface area contributed by atoms with Gasteiger partial charge in [0, 0.05) is 39.1 Å². The molecule has 1 saturated heterocycles. The fraction of sp³-hybridized carbons (Fsp3) is 0.429. The minimum absolute atomic E-state index is 0.0838. The van der Waals surface area contributed by atoms with E-state index in [0.29, 0.717) is 12.0 Å². The predicted molar refractivity (Wildman–Crippen MR) is 104 cm³/mol. The summed E-state index contributed by atoms with van der Waals surface area (Å²) in [6, 6.07) is 14.1. The van der Waals surface area contributed by atoms with Crippen molar-refractivity contribution in [2.75, 3.05) is 34.2 Å². The molecule has 1 fully saturated rings. The van der Waals surface area contributed by atoms with Crippen molar-refractivity contribution in [3.8, 4) is 0 Å². The number of rotatable bonds is 6. The van der Waals surface area contributed by atoms with Crippen molar-refractivity contribution in [1.82, 2.24) is 20.1 Å². The molecule has 1 aliphatic heterocycles. The van der Waals surface area contributed by atoms with Gasteiger partial charge in [-0.05, 0) is 43.1 Å². The number of aromatic nitrogens is 1. The highest BCUT2D eigenvalue weighted by Crippen LogP contribution is 2.35. The van der Waals surface area contributed by atoms with Crippen LogP contribution in [0.4, 0.5) is 0 Å². The molecule has 0 unspecified atom stereocenters. The molecule has 5 nitrogen and oxygen atoms in total. The van der Waals surface area contributed by atoms with E-state index in [1.165, 1.54) is 5.56 Å². The van der Waals surface area contributed by atoms with Crippen molar-refractivity contribution in [2.45, 2.75) is 18.5 Å². The fourth-order valence-corrected chi connectivity index (χ4v) is 3.84. The van der Waals surface area contributed by atoms with Gasteiger partial charge in [-0.15, -0.1) is 0 Å². The molecule has 1 aromatic heterocycles. The lowest BCUT2D eigenvalue weighted by molar-refractivity contribution is -0.131. The molecule has 1 amide bonds. The van der Waals surface area contributed by atoms with E-state index < -0.39 is 0 Å². The number of likely N-dealkylation sites (tertiary alicyclic amines) is 1. The average Bonchev–Trinajstić information content (AvgIpc) is 3.03. The van der Waals surface area contributed by atoms with E-state index in [2.05, 4.69) is 28.3 Å². The SMILES string of the molecule is CN(C)C(=O)[C@H](NC[C@@H]1CCN(C)[C@H]1c1cccnc1)c1ccccc1. The number of amides is 1. The van der Waals surface area contributed by atoms with Crippen LogP contribution in [0.2, 0.25) is 0 Å². The predicted octanol–water partition coefficient (Wildman–Crippen LogP) is 2.49. The summed E-state index contributed by atoms with van der Waals surface area (Å²) in [5.74, 6) is 0.533. The molecule has 3 rings (SSSR count). The maximum Gasteiger partial charge on any atom is 0.243 e. The summed E-state index contributed by atoms with van der Waals surface area (Å²) in [6.45, 7) is 1.85. The molecule has 1 N–H and O–H groups in total. The number of benzene rings is 1. The van der Waals surface area contributed by atoms with Crippen LogP contribution >= 0.6 is 0 Å². The zero-order chi connectivity index (χ0) is 18.5. The first-order chi connectivity index (χ1) is 12.6. The van der Waals surface area contributed by atoms with Crippen LogP contribution in [-0.4, -0.2) is 54.9 Å². The number of carbonyl (C=O) groups excluding carboxylic acids is 1. The number of pyridine rings is 1. The summed E-state index contributed by atoms with van der Waals surface area (Å²) < 4.78 is 0. The second-order valence-electron chi connectivity index (χ2n) is 7.25. The third kappa shape index (κ3) is 4.11. The number of hydrogen-bond donors (Lipinski definition) is 1. The molecule has 138 valence electrons. The van der Waals surface area contributed by atoms with Gasteiger partial charge in [0.1, 0.15) is 6.04 Å². The van der Waals surface area contributed by atoms with Gasteiger partial charge in [0.15, 0.2) is 0 Å². The van der Waals surface area contributed by atoms with Crippen molar-refractivity contribution in [1.29, 1.82) is 0 Å². The van der Waals surface area contributed by atoms with E-state index in [4.69, 9.17) is 0 Å². The molecule has 2 heterocycles. The fourth-order valence-electron chi connectivity index (χ4n) is 3.84. The summed E-state index contributed by atoms with van der Waals surface area (Å²) in [5, 5.41) is 3.54. The Morgan fingerprint density at radius 2 is 2.04 bits per heavy atom. The van der Waals surface area contributed by atoms with Gasteiger partial charge >= 0.3 is 0 Å². The first-order valence-electron chi connectivity index (χ1n) is 9.17. The van der Waals surface area contributed by atoms with Crippen LogP contribution in [0, 0.1) is 5.92 Å². The molecular formula is C21H28N4O. The molecule has 0 bridgehead atoms. The molecular weight excluding hydrogens is 324 g/mol. The van der Waals surface area contributed by atoms with Crippen LogP contribution < -0.4 is 5.32 Å². The van der Waals surface area contributed by atoms with E-state index in [1.54, 1.807) is 4.90 Å². The van der Waals surface area contributed by atoms with Crippen molar-refractivity contribution >= 4 is 5.91 Å². The molecule has 0 radical (unpaired) electrons. The molecule has 2 aromatic rings. The third-order valence-corrected chi connectivity index (χ3v) is 5.20. The van der Waals surface area contributed by atoms with E-state index in [1.807, 2.05) is 62.9 Å². The highest BCUT2D eigenvalue weighted by Gasteiger charge is 2.34. The van der Waals surface area contributed by atoms with Gasteiger partial charge in [-0.1, -0.05) is 36.4 Å². The Balaban J connectivity index is 1.75. The normalized spacial score (nSPS) is 21.5. The maximum absolute atomic E-state index is 12.7. The number of nitrogens with one attached hydrogen (secondary N) is 1. The molecule has 1 aliphatic rings. The van der Waals surface area contributed by atoms with Crippen molar-refractivity contribution < 1.29 is 4.79 Å². The number of carbonyl (C=O) groups is 1. The first kappa shape index (κ1) is 18.5. The second kappa shape index (κ2) is 8.43. The average molecular weight is 352 g/mol. The minimum Gasteiger partial charge on any atom is -0.347 e. The lowest BCUT2D eigenvalue weighted by Crippen LogP contribution is -2.39. The molecule has 0 aliphatic carbocycles. The summed E-state index contributed by atoms with van der Waals surface area (Å²) >= 11 is 0. The summed E-state index contributed by atoms with van der Waals surface area (Å²) in [4.78, 5) is 21.0. The quantitative estimate of drug-likeness (QED) is 0.868. The Bertz CT molecular complexity index is 704. The standard InChI is InChI=1S/C21H28N4O/c1-24(2)21(26)19(16-8-5-4-6-9-16)23-15-18-11-13-25(3)20(18)17-10-7-12-22-14-17/h4-10,12,14,18-20,23H,11,13,15H2,1-3H3/t18-,19+,20-/m0/s1. The summed E-state index contributed by atoms with van der Waals surface area (Å²) in [7, 11) is 5.78. The van der Waals surface area contributed by atoms with Crippen LogP contribution in [-0.2, 0) is 4.79 Å². The Morgan fingerprint density at radius 3 is 2.69 bits per heavy atom. The van der Waals surface area contributed by atoms with Gasteiger partial charge < -0.3 is 10.2 Å². The van der Waals surface area contributed by atoms with E-state index in [0.717, 1.165) is 25.1 Å². The molecule has 5 heteroatoms. The largest absolute Gasteiger partial charge is 0.347 e. The number of nitrogens with zero attached hydrogens (tertiary/aromatic N) is 3. The van der Waals surface area contributed by atoms with Gasteiger partial charge in [0.2, 0.25) is 5.91 Å². The first-order valence-corrected chi connectivity index (χ1v) is 9.17. The number of likely N-dealkylation sites (N-methyl/N-ethyl adjacent to an activating group) is 1. The van der Waals surface area contributed by atoms with Crippen LogP contribution in [0.1, 0.15) is 29.6 Å². The molecule has 0 spiro atoms. The zero-order valence-electron chi connectivity index (χ0n) is 15.8. The van der Waals surface area contributed by atoms with E-state index in [9.17, 15) is 4.79 Å². The van der Waals surface area contributed by atoms with Crippen molar-refractivity contribution in [3.63, 3.8) is 0 Å². The minimum atomic E-state index is -0.313. The van der Waals surface area contributed by atoms with Crippen LogP contribution in [0.3, 0.4) is 0 Å². The second-order valence-corrected chi connectivity index (χ2v) is 7.25. The Morgan fingerprint density at radius 1 is 1.27 bits per heavy atom. The Hall–Kier alpha value is -2.24. The zero-order valence-corrected chi connectivity index (χ0v) is 15.8. The smallest absolute Gasteiger partial charge is 0.243 e. The molecule has 1 aromatic carbocycles. The lowest BCUT2D eigenvalue weighted by atomic mass is 9.94. The summed E-state index contributed by atoms with van der Waals surface area (Å²) in [6.07, 6.45) is 4.88. The van der Waals surface area contributed by atoms with Crippen LogP contribution in [0.25, 0.3) is 0 Å². The highest BCUT2D eigenvalue weighted by molar-refractivity contribution is 5.82. The van der Waals surface area contributed by atoms with Gasteiger partial charge in [0.05, 0.1) is 0 Å². The van der Waals surface area contributed by atoms with Crippen LogP contribution in [0.15, 0.2) is 54.9 Å². The van der Waals surface area contributed by atoms with Crippen molar-refractivity contribution in [3.05, 3.63) is 66.0 Å². The highest BCUT2D eigenvalue weighted by atomic mass is 16.2. The third-order valence-electron chi connectivity index (χ3n) is 5.20. The topological polar surface area (TPSA) is 48.5 Å².